The number of amides is 2. The summed E-state index contributed by atoms with van der Waals surface area (Å²) in [5, 5.41) is 13.8. The Bertz CT molecular complexity index is 1140. The molecule has 1 atom stereocenters. The lowest BCUT2D eigenvalue weighted by atomic mass is 9.86. The maximum atomic E-state index is 12.8. The summed E-state index contributed by atoms with van der Waals surface area (Å²) in [6.07, 6.45) is 2.47. The molecule has 1 heterocycles. The number of para-hydroxylation sites is 2. The topological polar surface area (TPSA) is 87.5 Å². The van der Waals surface area contributed by atoms with Gasteiger partial charge in [-0.1, -0.05) is 81.9 Å². The van der Waals surface area contributed by atoms with Crippen LogP contribution in [0.15, 0.2) is 59.8 Å². The highest BCUT2D eigenvalue weighted by Crippen LogP contribution is 2.37. The molecule has 3 rings (SSSR count). The van der Waals surface area contributed by atoms with E-state index >= 15 is 0 Å². The number of carboxylic acids is 1. The molecule has 1 aromatic heterocycles. The van der Waals surface area contributed by atoms with E-state index in [2.05, 4.69) is 17.4 Å². The van der Waals surface area contributed by atoms with Crippen LogP contribution < -0.4 is 5.32 Å². The van der Waals surface area contributed by atoms with Crippen molar-refractivity contribution >= 4 is 34.8 Å². The number of imidazole rings is 1. The van der Waals surface area contributed by atoms with Gasteiger partial charge in [0.25, 0.3) is 0 Å². The minimum Gasteiger partial charge on any atom is -0.480 e. The molecule has 0 saturated carbocycles. The summed E-state index contributed by atoms with van der Waals surface area (Å²) < 4.78 is 1.86. The van der Waals surface area contributed by atoms with Gasteiger partial charge < -0.3 is 19.9 Å². The molecule has 194 valence electrons. The van der Waals surface area contributed by atoms with Crippen LogP contribution in [0.3, 0.4) is 0 Å². The van der Waals surface area contributed by atoms with Crippen molar-refractivity contribution in [3.05, 3.63) is 60.2 Å². The number of carboxylic acid groups (broad SMARTS) is 1. The van der Waals surface area contributed by atoms with Gasteiger partial charge in [0.15, 0.2) is 5.16 Å². The quantitative estimate of drug-likeness (QED) is 0.236. The van der Waals surface area contributed by atoms with Crippen LogP contribution in [0.5, 0.6) is 0 Å². The van der Waals surface area contributed by atoms with E-state index in [0.717, 1.165) is 36.0 Å². The monoisotopic (exact) mass is 510 g/mol. The lowest BCUT2D eigenvalue weighted by Gasteiger charge is -2.30. The molecule has 0 aliphatic heterocycles. The largest absolute Gasteiger partial charge is 0.480 e. The Morgan fingerprint density at radius 2 is 1.78 bits per heavy atom. The lowest BCUT2D eigenvalue weighted by molar-refractivity contribution is -0.144. The molecule has 1 unspecified atom stereocenters. The van der Waals surface area contributed by atoms with Crippen LogP contribution in [-0.4, -0.2) is 56.9 Å². The molecule has 0 aliphatic carbocycles. The maximum absolute atomic E-state index is 12.8. The highest BCUT2D eigenvalue weighted by molar-refractivity contribution is 7.99. The zero-order valence-electron chi connectivity index (χ0n) is 21.7. The van der Waals surface area contributed by atoms with Crippen LogP contribution in [0, 0.1) is 5.41 Å². The van der Waals surface area contributed by atoms with Crippen LogP contribution in [0.2, 0.25) is 0 Å². The van der Waals surface area contributed by atoms with Gasteiger partial charge in [0.1, 0.15) is 6.04 Å². The molecule has 0 fully saturated rings. The number of thioether (sulfide) groups is 1. The first-order chi connectivity index (χ1) is 17.2. The Hall–Kier alpha value is -3.00. The van der Waals surface area contributed by atoms with Crippen LogP contribution in [0.4, 0.5) is 4.79 Å². The second-order valence-corrected chi connectivity index (χ2v) is 11.1. The van der Waals surface area contributed by atoms with Gasteiger partial charge in [0, 0.05) is 25.4 Å². The Kier molecular flexibility index (Phi) is 9.81. The molecule has 0 aliphatic rings. The number of hydrogen-bond donors (Lipinski definition) is 2. The normalized spacial score (nSPS) is 12.4. The van der Waals surface area contributed by atoms with Gasteiger partial charge in [-0.2, -0.15) is 0 Å². The SMILES string of the molecule is CCCNC(=O)N(CCCSc1nc2ccccc2n1C(C(=O)O)C(C)(C)C)CCc1ccccc1. The van der Waals surface area contributed by atoms with E-state index in [1.54, 1.807) is 11.8 Å². The summed E-state index contributed by atoms with van der Waals surface area (Å²) in [7, 11) is 0. The standard InChI is InChI=1S/C28H38N4O3S/c1-5-17-29-26(35)31(19-16-21-12-7-6-8-13-21)18-11-20-36-27-30-22-14-9-10-15-23(22)32(27)24(25(33)34)28(2,3)4/h6-10,12-15,24H,5,11,16-20H2,1-4H3,(H,29,35)(H,33,34). The average molecular weight is 511 g/mol. The molecule has 8 heteroatoms. The summed E-state index contributed by atoms with van der Waals surface area (Å²) in [6.45, 7) is 9.78. The third-order valence-corrected chi connectivity index (χ3v) is 7.05. The molecule has 3 aromatic rings. The number of urea groups is 1. The van der Waals surface area contributed by atoms with Crippen molar-refractivity contribution in [1.82, 2.24) is 19.8 Å². The van der Waals surface area contributed by atoms with Gasteiger partial charge in [0.05, 0.1) is 11.0 Å². The van der Waals surface area contributed by atoms with Gasteiger partial charge >= 0.3 is 12.0 Å². The minimum absolute atomic E-state index is 0.0382. The molecular weight excluding hydrogens is 472 g/mol. The second kappa shape index (κ2) is 12.8. The number of aliphatic carboxylic acids is 1. The Balaban J connectivity index is 1.71. The van der Waals surface area contributed by atoms with Gasteiger partial charge in [-0.15, -0.1) is 0 Å². The van der Waals surface area contributed by atoms with E-state index in [0.29, 0.717) is 24.8 Å². The number of nitrogens with zero attached hydrogens (tertiary/aromatic N) is 3. The smallest absolute Gasteiger partial charge is 0.327 e. The molecule has 2 amide bonds. The third-order valence-electron chi connectivity index (χ3n) is 6.01. The Morgan fingerprint density at radius 1 is 1.08 bits per heavy atom. The fourth-order valence-corrected chi connectivity index (χ4v) is 5.19. The highest BCUT2D eigenvalue weighted by Gasteiger charge is 2.35. The third kappa shape index (κ3) is 7.26. The van der Waals surface area contributed by atoms with Crippen molar-refractivity contribution in [2.45, 2.75) is 58.2 Å². The zero-order chi connectivity index (χ0) is 26.1. The Morgan fingerprint density at radius 3 is 2.44 bits per heavy atom. The second-order valence-electron chi connectivity index (χ2n) is 10.0. The van der Waals surface area contributed by atoms with Gasteiger partial charge in [-0.05, 0) is 42.4 Å². The number of hydrogen-bond acceptors (Lipinski definition) is 4. The van der Waals surface area contributed by atoms with Crippen molar-refractivity contribution in [2.75, 3.05) is 25.4 Å². The summed E-state index contributed by atoms with van der Waals surface area (Å²) in [5.41, 5.74) is 2.33. The Labute approximate surface area is 218 Å². The summed E-state index contributed by atoms with van der Waals surface area (Å²) in [6, 6.07) is 17.1. The van der Waals surface area contributed by atoms with Crippen LogP contribution in [0.25, 0.3) is 11.0 Å². The average Bonchev–Trinajstić information content (AvgIpc) is 3.19. The molecule has 7 nitrogen and oxygen atoms in total. The van der Waals surface area contributed by atoms with Gasteiger partial charge in [-0.25, -0.2) is 14.6 Å². The van der Waals surface area contributed by atoms with E-state index in [4.69, 9.17) is 4.98 Å². The highest BCUT2D eigenvalue weighted by atomic mass is 32.2. The van der Waals surface area contributed by atoms with Gasteiger partial charge in [-0.3, -0.25) is 0 Å². The molecule has 0 bridgehead atoms. The maximum Gasteiger partial charge on any atom is 0.327 e. The first-order valence-corrected chi connectivity index (χ1v) is 13.6. The molecule has 0 spiro atoms. The van der Waals surface area contributed by atoms with E-state index in [9.17, 15) is 14.7 Å². The lowest BCUT2D eigenvalue weighted by Crippen LogP contribution is -2.42. The first-order valence-electron chi connectivity index (χ1n) is 12.6. The minimum atomic E-state index is -0.868. The van der Waals surface area contributed by atoms with Crippen molar-refractivity contribution < 1.29 is 14.7 Å². The summed E-state index contributed by atoms with van der Waals surface area (Å²) >= 11 is 1.55. The number of carbonyl (C=O) groups is 2. The number of fused-ring (bicyclic) bond motifs is 1. The number of rotatable bonds is 12. The molecular formula is C28H38N4O3S. The fraction of sp³-hybridized carbons (Fsp3) is 0.464. The van der Waals surface area contributed by atoms with E-state index < -0.39 is 17.4 Å². The molecule has 36 heavy (non-hydrogen) atoms. The van der Waals surface area contributed by atoms with E-state index in [1.807, 2.05) is 79.6 Å². The van der Waals surface area contributed by atoms with Crippen molar-refractivity contribution in [1.29, 1.82) is 0 Å². The number of nitrogens with one attached hydrogen (secondary N) is 1. The summed E-state index contributed by atoms with van der Waals surface area (Å²) in [5.74, 6) is -0.143. The first kappa shape index (κ1) is 27.6. The van der Waals surface area contributed by atoms with Crippen LogP contribution >= 0.6 is 11.8 Å². The van der Waals surface area contributed by atoms with Crippen molar-refractivity contribution in [3.8, 4) is 0 Å². The molecule has 2 N–H and O–H groups in total. The van der Waals surface area contributed by atoms with E-state index in [-0.39, 0.29) is 6.03 Å². The van der Waals surface area contributed by atoms with Crippen molar-refractivity contribution in [3.63, 3.8) is 0 Å². The number of carbonyl (C=O) groups excluding carboxylic acids is 1. The van der Waals surface area contributed by atoms with Crippen LogP contribution in [-0.2, 0) is 11.2 Å². The molecule has 2 aromatic carbocycles. The number of aromatic nitrogens is 2. The predicted octanol–water partition coefficient (Wildman–Crippen LogP) is 5.85. The van der Waals surface area contributed by atoms with Gasteiger partial charge in [0.2, 0.25) is 0 Å². The van der Waals surface area contributed by atoms with E-state index in [1.165, 1.54) is 5.56 Å². The fourth-order valence-electron chi connectivity index (χ4n) is 4.23. The molecule has 0 radical (unpaired) electrons. The van der Waals surface area contributed by atoms with Crippen molar-refractivity contribution in [2.24, 2.45) is 5.41 Å². The number of benzene rings is 2. The zero-order valence-corrected chi connectivity index (χ0v) is 22.6. The molecule has 0 saturated heterocycles. The van der Waals surface area contributed by atoms with Crippen LogP contribution in [0.1, 0.15) is 52.1 Å². The summed E-state index contributed by atoms with van der Waals surface area (Å²) in [4.78, 5) is 31.7. The predicted molar refractivity (Wildman–Crippen MR) is 147 cm³/mol.